The Kier molecular flexibility index (Phi) is 30.3. The molecule has 0 unspecified atom stereocenters. The molecule has 0 spiro atoms. The fourth-order valence-electron chi connectivity index (χ4n) is 6.73. The van der Waals surface area contributed by atoms with Crippen molar-refractivity contribution in [3.63, 3.8) is 0 Å². The highest BCUT2D eigenvalue weighted by molar-refractivity contribution is 7.48. The first kappa shape index (κ1) is 48.0. The standard InChI is InChI=1S/C47H82N2O4P/c1-4-6-8-10-12-14-16-18-20-22-24-26-28-30-32-34-42-51-54(50,53-47-38-36-46(37-39-47)44-49-41-40-48(3)45-49)52-43-35-33-31-29-27-25-23-21-19-17-15-13-11-9-7-5-2/h18-21,36-41,45H,4-17,22-35,42-44H2,1-3H3/q+1/b20-18-,21-19-. The normalized spacial score (nSPS) is 12.1. The molecule has 6 nitrogen and oxygen atoms in total. The summed E-state index contributed by atoms with van der Waals surface area (Å²) in [5.74, 6) is 0.516. The molecule has 7 heteroatoms. The lowest BCUT2D eigenvalue weighted by Gasteiger charge is -2.19. The van der Waals surface area contributed by atoms with Crippen LogP contribution in [0.5, 0.6) is 5.75 Å². The van der Waals surface area contributed by atoms with Crippen LogP contribution in [0, 0.1) is 0 Å². The second-order valence-electron chi connectivity index (χ2n) is 15.5. The number of phosphoric ester groups is 1. The van der Waals surface area contributed by atoms with Crippen LogP contribution in [-0.4, -0.2) is 17.8 Å². The van der Waals surface area contributed by atoms with Crippen molar-refractivity contribution in [1.29, 1.82) is 0 Å². The van der Waals surface area contributed by atoms with E-state index in [0.29, 0.717) is 19.0 Å². The van der Waals surface area contributed by atoms with Gasteiger partial charge in [-0.05, 0) is 81.9 Å². The average Bonchev–Trinajstić information content (AvgIpc) is 3.58. The Hall–Kier alpha value is -2.14. The van der Waals surface area contributed by atoms with Gasteiger partial charge < -0.3 is 4.52 Å². The number of rotatable bonds is 38. The van der Waals surface area contributed by atoms with E-state index >= 15 is 0 Å². The van der Waals surface area contributed by atoms with Crippen LogP contribution in [-0.2, 0) is 27.2 Å². The number of aryl methyl sites for hydroxylation is 1. The Bertz CT molecular complexity index is 1180. The Morgan fingerprint density at radius 1 is 0.556 bits per heavy atom. The third-order valence-corrected chi connectivity index (χ3v) is 11.6. The second kappa shape index (κ2) is 34.1. The van der Waals surface area contributed by atoms with Crippen molar-refractivity contribution < 1.29 is 22.7 Å². The molecule has 1 heterocycles. The van der Waals surface area contributed by atoms with Crippen LogP contribution in [0.2, 0.25) is 0 Å². The van der Waals surface area contributed by atoms with Crippen molar-refractivity contribution in [3.05, 3.63) is 72.9 Å². The van der Waals surface area contributed by atoms with Crippen LogP contribution in [0.25, 0.3) is 0 Å². The van der Waals surface area contributed by atoms with Crippen molar-refractivity contribution in [2.45, 2.75) is 200 Å². The van der Waals surface area contributed by atoms with Crippen LogP contribution in [0.4, 0.5) is 0 Å². The predicted molar refractivity (Wildman–Crippen MR) is 230 cm³/mol. The van der Waals surface area contributed by atoms with Gasteiger partial charge in [0.2, 0.25) is 6.33 Å². The maximum absolute atomic E-state index is 13.8. The molecule has 0 atom stereocenters. The SMILES string of the molecule is CCCCCCCC/C=C\CCCCCCCCOP(=O)(OCCCCCCCC/C=C\CCCCCCCC)Oc1ccc(Cn2cc[n+](C)c2)cc1. The number of hydrogen-bond acceptors (Lipinski definition) is 4. The first-order valence-corrected chi connectivity index (χ1v) is 24.0. The Balaban J connectivity index is 1.63. The van der Waals surface area contributed by atoms with Gasteiger partial charge in [0, 0.05) is 0 Å². The molecule has 308 valence electrons. The molecular formula is C47H82N2O4P+. The quantitative estimate of drug-likeness (QED) is 0.0295. The van der Waals surface area contributed by atoms with Crippen LogP contribution < -0.4 is 9.09 Å². The molecular weight excluding hydrogens is 688 g/mol. The number of aromatic nitrogens is 2. The van der Waals surface area contributed by atoms with Gasteiger partial charge in [-0.3, -0.25) is 9.05 Å². The van der Waals surface area contributed by atoms with Crippen LogP contribution in [0.1, 0.15) is 199 Å². The minimum atomic E-state index is -3.72. The zero-order chi connectivity index (χ0) is 38.6. The molecule has 0 N–H and O–H groups in total. The number of allylic oxidation sites excluding steroid dienone is 4. The summed E-state index contributed by atoms with van der Waals surface area (Å²) in [5.41, 5.74) is 1.14. The second-order valence-corrected chi connectivity index (χ2v) is 17.1. The first-order chi connectivity index (χ1) is 26.5. The molecule has 0 aliphatic carbocycles. The predicted octanol–water partition coefficient (Wildman–Crippen LogP) is 15.0. The Labute approximate surface area is 333 Å². The Morgan fingerprint density at radius 2 is 0.944 bits per heavy atom. The fraction of sp³-hybridized carbons (Fsp3) is 0.723. The maximum Gasteiger partial charge on any atom is 0.530 e. The third kappa shape index (κ3) is 27.4. The lowest BCUT2D eigenvalue weighted by atomic mass is 10.1. The summed E-state index contributed by atoms with van der Waals surface area (Å²) in [6.45, 7) is 6.08. The highest BCUT2D eigenvalue weighted by Gasteiger charge is 2.28. The molecule has 0 fully saturated rings. The number of imidazole rings is 1. The summed E-state index contributed by atoms with van der Waals surface area (Å²) < 4.78 is 35.7. The van der Waals surface area contributed by atoms with Crippen molar-refractivity contribution in [1.82, 2.24) is 4.57 Å². The fourth-order valence-corrected chi connectivity index (χ4v) is 8.00. The van der Waals surface area contributed by atoms with E-state index in [-0.39, 0.29) is 0 Å². The largest absolute Gasteiger partial charge is 0.530 e. The minimum absolute atomic E-state index is 0.384. The van der Waals surface area contributed by atoms with Gasteiger partial charge in [-0.1, -0.05) is 166 Å². The summed E-state index contributed by atoms with van der Waals surface area (Å²) in [7, 11) is -1.71. The molecule has 0 bridgehead atoms. The summed E-state index contributed by atoms with van der Waals surface area (Å²) in [6.07, 6.45) is 50.7. The molecule has 0 radical (unpaired) electrons. The highest BCUT2D eigenvalue weighted by Crippen LogP contribution is 2.50. The zero-order valence-corrected chi connectivity index (χ0v) is 36.1. The van der Waals surface area contributed by atoms with Crippen molar-refractivity contribution in [2.24, 2.45) is 7.05 Å². The molecule has 0 aliphatic heterocycles. The van der Waals surface area contributed by atoms with Crippen molar-refractivity contribution in [3.8, 4) is 5.75 Å². The molecule has 2 aromatic rings. The van der Waals surface area contributed by atoms with E-state index < -0.39 is 7.82 Å². The van der Waals surface area contributed by atoms with E-state index in [1.54, 1.807) is 0 Å². The van der Waals surface area contributed by atoms with Gasteiger partial charge in [0.15, 0.2) is 0 Å². The zero-order valence-electron chi connectivity index (χ0n) is 35.2. The summed E-state index contributed by atoms with van der Waals surface area (Å²) in [5, 5.41) is 0. The van der Waals surface area contributed by atoms with Gasteiger partial charge in [0.25, 0.3) is 0 Å². The van der Waals surface area contributed by atoms with Gasteiger partial charge in [-0.15, -0.1) is 0 Å². The number of hydrogen-bond donors (Lipinski definition) is 0. The Morgan fingerprint density at radius 3 is 1.33 bits per heavy atom. The number of phosphoric acid groups is 1. The van der Waals surface area contributed by atoms with Gasteiger partial charge in [-0.25, -0.2) is 13.7 Å². The monoisotopic (exact) mass is 770 g/mol. The van der Waals surface area contributed by atoms with Gasteiger partial charge in [0.05, 0.1) is 20.3 Å². The van der Waals surface area contributed by atoms with E-state index in [1.807, 2.05) is 54.6 Å². The first-order valence-electron chi connectivity index (χ1n) is 22.5. The van der Waals surface area contributed by atoms with Gasteiger partial charge in [-0.2, -0.15) is 0 Å². The van der Waals surface area contributed by atoms with E-state index in [1.165, 1.54) is 154 Å². The average molecular weight is 770 g/mol. The molecule has 54 heavy (non-hydrogen) atoms. The van der Waals surface area contributed by atoms with E-state index in [9.17, 15) is 4.57 Å². The molecule has 0 aliphatic rings. The minimum Gasteiger partial charge on any atom is -0.404 e. The lowest BCUT2D eigenvalue weighted by molar-refractivity contribution is -0.671. The number of nitrogens with zero attached hydrogens (tertiary/aromatic N) is 2. The lowest BCUT2D eigenvalue weighted by Crippen LogP contribution is -2.23. The maximum atomic E-state index is 13.8. The van der Waals surface area contributed by atoms with E-state index in [2.05, 4.69) is 42.7 Å². The smallest absolute Gasteiger partial charge is 0.404 e. The van der Waals surface area contributed by atoms with Crippen LogP contribution in [0.15, 0.2) is 67.3 Å². The summed E-state index contributed by atoms with van der Waals surface area (Å²) >= 11 is 0. The number of unbranched alkanes of at least 4 members (excludes halogenated alkanes) is 24. The highest BCUT2D eigenvalue weighted by atomic mass is 31.2. The molecule has 0 saturated heterocycles. The van der Waals surface area contributed by atoms with Crippen molar-refractivity contribution in [2.75, 3.05) is 13.2 Å². The molecule has 1 aromatic carbocycles. The van der Waals surface area contributed by atoms with E-state index in [4.69, 9.17) is 13.6 Å². The van der Waals surface area contributed by atoms with Gasteiger partial charge in [0.1, 0.15) is 24.7 Å². The molecule has 1 aromatic heterocycles. The van der Waals surface area contributed by atoms with Crippen LogP contribution in [0.3, 0.4) is 0 Å². The number of benzene rings is 1. The molecule has 2 rings (SSSR count). The summed E-state index contributed by atoms with van der Waals surface area (Å²) in [6, 6.07) is 7.75. The van der Waals surface area contributed by atoms with Gasteiger partial charge >= 0.3 is 7.82 Å². The molecule has 0 amide bonds. The van der Waals surface area contributed by atoms with Crippen molar-refractivity contribution >= 4 is 7.82 Å². The third-order valence-electron chi connectivity index (χ3n) is 10.1. The molecule has 0 saturated carbocycles. The summed E-state index contributed by atoms with van der Waals surface area (Å²) in [4.78, 5) is 0. The topological polar surface area (TPSA) is 53.6 Å². The van der Waals surface area contributed by atoms with E-state index in [0.717, 1.165) is 37.8 Å². The van der Waals surface area contributed by atoms with Crippen LogP contribution >= 0.6 is 7.82 Å².